The van der Waals surface area contributed by atoms with Crippen LogP contribution in [0, 0.1) is 0 Å². The van der Waals surface area contributed by atoms with E-state index in [9.17, 15) is 0 Å². The second-order valence-electron chi connectivity index (χ2n) is 5.95. The van der Waals surface area contributed by atoms with Crippen molar-refractivity contribution < 1.29 is 0 Å². The Bertz CT molecular complexity index is 123. The van der Waals surface area contributed by atoms with Crippen LogP contribution >= 0.6 is 0 Å². The van der Waals surface area contributed by atoms with Crippen molar-refractivity contribution in [1.82, 2.24) is 0 Å². The Morgan fingerprint density at radius 3 is 0.650 bits per heavy atom. The van der Waals surface area contributed by atoms with Crippen LogP contribution in [0.3, 0.4) is 0 Å². The topological polar surface area (TPSA) is 0 Å². The van der Waals surface area contributed by atoms with Crippen LogP contribution in [0.15, 0.2) is 0 Å². The predicted octanol–water partition coefficient (Wildman–Crippen LogP) is 6.24. The fraction of sp³-hybridized carbons (Fsp3) is 1.00. The summed E-state index contributed by atoms with van der Waals surface area (Å²) in [4.78, 5) is 0. The number of hydrogen-bond acceptors (Lipinski definition) is 0. The zero-order valence-corrected chi connectivity index (χ0v) is 15.0. The Kier molecular flexibility index (Phi) is 35.3. The number of hydrogen-bond donors (Lipinski definition) is 0. The van der Waals surface area contributed by atoms with Gasteiger partial charge in [0.1, 0.15) is 0 Å². The minimum absolute atomic E-state index is 0. The second-order valence-corrected chi connectivity index (χ2v) is 5.95. The molecule has 20 heavy (non-hydrogen) atoms. The van der Waals surface area contributed by atoms with E-state index >= 15 is 0 Å². The molecule has 0 rings (SSSR count). The van der Waals surface area contributed by atoms with Gasteiger partial charge < -0.3 is 0 Å². The summed E-state index contributed by atoms with van der Waals surface area (Å²) in [6.07, 6.45) is 23.4. The Labute approximate surface area is 183 Å². The molecule has 0 aromatic rings. The molecular formula is C18H39AlK. The van der Waals surface area contributed by atoms with Crippen LogP contribution in [0.1, 0.15) is 117 Å². The molecule has 0 aromatic carbocycles. The molecule has 0 spiro atoms. The van der Waals surface area contributed by atoms with Gasteiger partial charge in [-0.25, -0.2) is 0 Å². The van der Waals surface area contributed by atoms with Crippen molar-refractivity contribution in [2.45, 2.75) is 117 Å². The molecule has 0 saturated carbocycles. The first kappa shape index (κ1) is 27.0. The van der Waals surface area contributed by atoms with Crippen LogP contribution < -0.4 is 0 Å². The van der Waals surface area contributed by atoms with E-state index < -0.39 is 0 Å². The van der Waals surface area contributed by atoms with Gasteiger partial charge in [0, 0.05) is 17.4 Å². The first-order valence-corrected chi connectivity index (χ1v) is 8.91. The molecule has 0 saturated heterocycles. The molecule has 0 aliphatic carbocycles. The average molecular weight is 322 g/mol. The zero-order chi connectivity index (χ0) is 13.3. The van der Waals surface area contributed by atoms with Crippen molar-refractivity contribution in [2.75, 3.05) is 0 Å². The van der Waals surface area contributed by atoms with E-state index in [1.54, 1.807) is 0 Å². The summed E-state index contributed by atoms with van der Waals surface area (Å²) in [5, 5.41) is 0. The monoisotopic (exact) mass is 321 g/mol. The molecular weight excluding hydrogens is 282 g/mol. The molecule has 0 atom stereocenters. The molecule has 0 aromatic heterocycles. The molecule has 0 amide bonds. The molecule has 0 unspecified atom stereocenters. The fourth-order valence-corrected chi connectivity index (χ4v) is 2.62. The van der Waals surface area contributed by atoms with Crippen LogP contribution in [-0.2, 0) is 0 Å². The van der Waals surface area contributed by atoms with Gasteiger partial charge in [0.15, 0.2) is 0 Å². The third-order valence-corrected chi connectivity index (χ3v) is 3.96. The van der Waals surface area contributed by atoms with Gasteiger partial charge in [-0.15, -0.1) is 0 Å². The molecule has 0 heterocycles. The van der Waals surface area contributed by atoms with Crippen molar-refractivity contribution >= 4 is 68.7 Å². The zero-order valence-electron chi connectivity index (χ0n) is 13.9. The van der Waals surface area contributed by atoms with E-state index in [-0.39, 0.29) is 68.7 Å². The molecule has 0 aliphatic heterocycles. The van der Waals surface area contributed by atoms with E-state index in [4.69, 9.17) is 0 Å². The van der Waals surface area contributed by atoms with E-state index in [0.29, 0.717) is 0 Å². The van der Waals surface area contributed by atoms with E-state index in [1.807, 2.05) is 0 Å². The van der Waals surface area contributed by atoms with Gasteiger partial charge >= 0.3 is 51.4 Å². The third kappa shape index (κ3) is 25.1. The summed E-state index contributed by atoms with van der Waals surface area (Å²) < 4.78 is 0. The van der Waals surface area contributed by atoms with Crippen molar-refractivity contribution in [3.8, 4) is 0 Å². The second kappa shape index (κ2) is 26.1. The summed E-state index contributed by atoms with van der Waals surface area (Å²) in [5.41, 5.74) is 0. The van der Waals surface area contributed by atoms with Crippen molar-refractivity contribution in [1.29, 1.82) is 0 Å². The van der Waals surface area contributed by atoms with Gasteiger partial charge in [-0.2, -0.15) is 0 Å². The molecule has 3 radical (unpaired) electrons. The van der Waals surface area contributed by atoms with Crippen molar-refractivity contribution in [3.05, 3.63) is 0 Å². The number of rotatable bonds is 15. The Morgan fingerprint density at radius 1 is 0.350 bits per heavy atom. The molecule has 115 valence electrons. The normalized spacial score (nSPS) is 9.90. The summed E-state index contributed by atoms with van der Waals surface area (Å²) >= 11 is 0. The maximum atomic E-state index is 2.29. The summed E-state index contributed by atoms with van der Waals surface area (Å²) in [5.74, 6) is 0. The van der Waals surface area contributed by atoms with Crippen LogP contribution in [0.2, 0.25) is 0 Å². The standard InChI is InChI=1S/C18H38.Al.K.H/c1-3-5-7-9-11-13-15-17-18-16-14-12-10-8-6-4-2;;;/h3-18H2,1-2H3;;;. The number of unbranched alkanes of at least 4 members (excludes halogenated alkanes) is 15. The van der Waals surface area contributed by atoms with Gasteiger partial charge in [0.05, 0.1) is 0 Å². The van der Waals surface area contributed by atoms with Crippen molar-refractivity contribution in [2.24, 2.45) is 0 Å². The first-order chi connectivity index (χ1) is 8.91. The van der Waals surface area contributed by atoms with Gasteiger partial charge in [-0.1, -0.05) is 117 Å². The van der Waals surface area contributed by atoms with Gasteiger partial charge in [-0.3, -0.25) is 0 Å². The van der Waals surface area contributed by atoms with E-state index in [2.05, 4.69) is 13.8 Å². The van der Waals surface area contributed by atoms with Crippen LogP contribution in [0.4, 0.5) is 0 Å². The van der Waals surface area contributed by atoms with Crippen LogP contribution in [-0.4, -0.2) is 68.7 Å². The average Bonchev–Trinajstić information content (AvgIpc) is 2.39. The van der Waals surface area contributed by atoms with Gasteiger partial charge in [0.25, 0.3) is 0 Å². The SMILES string of the molecule is CCCCCCCCCCCCCCCCCC.[Al].[KH]. The maximum absolute atomic E-state index is 2.29. The molecule has 0 nitrogen and oxygen atoms in total. The summed E-state index contributed by atoms with van der Waals surface area (Å²) in [6.45, 7) is 4.59. The third-order valence-electron chi connectivity index (χ3n) is 3.96. The Morgan fingerprint density at radius 2 is 0.500 bits per heavy atom. The first-order valence-electron chi connectivity index (χ1n) is 8.91. The summed E-state index contributed by atoms with van der Waals surface area (Å²) in [7, 11) is 0. The fourth-order valence-electron chi connectivity index (χ4n) is 2.62. The summed E-state index contributed by atoms with van der Waals surface area (Å²) in [6, 6.07) is 0. The van der Waals surface area contributed by atoms with Crippen LogP contribution in [0.5, 0.6) is 0 Å². The van der Waals surface area contributed by atoms with Gasteiger partial charge in [-0.05, 0) is 0 Å². The predicted molar refractivity (Wildman–Crippen MR) is 98.1 cm³/mol. The van der Waals surface area contributed by atoms with Gasteiger partial charge in [0.2, 0.25) is 0 Å². The molecule has 2 heteroatoms. The van der Waals surface area contributed by atoms with Crippen LogP contribution in [0.25, 0.3) is 0 Å². The quantitative estimate of drug-likeness (QED) is 0.247. The molecule has 0 aliphatic rings. The Balaban J connectivity index is -0.00000144. The van der Waals surface area contributed by atoms with Crippen molar-refractivity contribution in [3.63, 3.8) is 0 Å². The molecule has 0 N–H and O–H groups in total. The molecule has 0 fully saturated rings. The Hall–Kier alpha value is 2.17. The minimum atomic E-state index is 0. The molecule has 0 bridgehead atoms. The van der Waals surface area contributed by atoms with E-state index in [1.165, 1.54) is 103 Å². The van der Waals surface area contributed by atoms with E-state index in [0.717, 1.165) is 0 Å².